The van der Waals surface area contributed by atoms with E-state index in [1.165, 1.54) is 11.8 Å². The van der Waals surface area contributed by atoms with Crippen LogP contribution in [-0.2, 0) is 184 Å². The van der Waals surface area contributed by atoms with Gasteiger partial charge in [-0.25, -0.2) is 0 Å². The molecule has 0 bridgehead atoms. The van der Waals surface area contributed by atoms with Crippen molar-refractivity contribution < 1.29 is 171 Å². The summed E-state index contributed by atoms with van der Waals surface area (Å²) in [6.45, 7) is 32.0. The summed E-state index contributed by atoms with van der Waals surface area (Å²) >= 11 is 0. The van der Waals surface area contributed by atoms with E-state index in [1.807, 2.05) is 0 Å². The fourth-order valence-electron chi connectivity index (χ4n) is 10.4. The lowest BCUT2D eigenvalue weighted by atomic mass is 9.97. The number of imide groups is 1. The number of anilines is 1. The van der Waals surface area contributed by atoms with Gasteiger partial charge in [0.15, 0.2) is 0 Å². The number of carbonyl (C=O) groups is 7. The van der Waals surface area contributed by atoms with E-state index in [2.05, 4.69) is 16.0 Å². The minimum Gasteiger partial charge on any atom is -0.460 e. The van der Waals surface area contributed by atoms with E-state index in [4.69, 9.17) is 137 Å². The van der Waals surface area contributed by atoms with Crippen LogP contribution in [0.5, 0.6) is 0 Å². The van der Waals surface area contributed by atoms with Crippen LogP contribution >= 0.6 is 0 Å². The number of nitrogens with one attached hydrogen (secondary N) is 3. The van der Waals surface area contributed by atoms with E-state index in [0.717, 1.165) is 28.2 Å². The molecule has 0 spiro atoms. The summed E-state index contributed by atoms with van der Waals surface area (Å²) in [6, 6.07) is 3.11. The Morgan fingerprint density at radius 3 is 0.961 bits per heavy atom. The van der Waals surface area contributed by atoms with Gasteiger partial charge in [0.25, 0.3) is 11.8 Å². The third-order valence-corrected chi connectivity index (χ3v) is 17.4. The maximum atomic E-state index is 13.8. The maximum Gasteiger partial charge on any atom is 0.311 e. The van der Waals surface area contributed by atoms with Crippen LogP contribution in [0, 0.1) is 11.3 Å². The summed E-state index contributed by atoms with van der Waals surface area (Å²) in [5.74, 6) is -4.42. The van der Waals surface area contributed by atoms with Gasteiger partial charge in [-0.2, -0.15) is 0 Å². The Kier molecular flexibility index (Phi) is 80.2. The average Bonchev–Trinajstić information content (AvgIpc) is 1.31. The van der Waals surface area contributed by atoms with E-state index in [1.54, 1.807) is 67.0 Å². The van der Waals surface area contributed by atoms with Gasteiger partial charge < -0.3 is 158 Å². The van der Waals surface area contributed by atoms with E-state index in [-0.39, 0.29) is 58.7 Å². The molecule has 41 heteroatoms. The number of aryl methyl sites for hydroxylation is 1. The van der Waals surface area contributed by atoms with Crippen LogP contribution in [-0.4, -0.2) is 448 Å². The van der Waals surface area contributed by atoms with Gasteiger partial charge in [-0.3, -0.25) is 38.5 Å². The summed E-state index contributed by atoms with van der Waals surface area (Å²) in [5.41, 5.74) is 1.26. The molecule has 128 heavy (non-hydrogen) atoms. The number of rotatable bonds is 97. The fourth-order valence-corrected chi connectivity index (χ4v) is 10.4. The quantitative estimate of drug-likeness (QED) is 0.0364. The number of esters is 1. The Bertz CT molecular complexity index is 2840. The third-order valence-electron chi connectivity index (χ3n) is 17.4. The average molecular weight is 1850 g/mol. The molecular weight excluding hydrogens is 1690 g/mol. The van der Waals surface area contributed by atoms with Gasteiger partial charge >= 0.3 is 5.97 Å². The van der Waals surface area contributed by atoms with Crippen LogP contribution in [0.2, 0.25) is 0 Å². The molecule has 1 heterocycles. The monoisotopic (exact) mass is 1850 g/mol. The highest BCUT2D eigenvalue weighted by Gasteiger charge is 2.31. The predicted molar refractivity (Wildman–Crippen MR) is 464 cm³/mol. The zero-order valence-corrected chi connectivity index (χ0v) is 77.6. The highest BCUT2D eigenvalue weighted by atomic mass is 16.7. The highest BCUT2D eigenvalue weighted by Crippen LogP contribution is 2.22. The lowest BCUT2D eigenvalue weighted by Gasteiger charge is -2.26. The molecule has 0 aromatic heterocycles. The second-order valence-corrected chi connectivity index (χ2v) is 29.3. The van der Waals surface area contributed by atoms with E-state index < -0.39 is 65.4 Å². The van der Waals surface area contributed by atoms with Crippen LogP contribution in [0.15, 0.2) is 30.4 Å². The maximum absolute atomic E-state index is 13.8. The first kappa shape index (κ1) is 118. The molecule has 0 aliphatic carbocycles. The lowest BCUT2D eigenvalue weighted by Crippen LogP contribution is -2.54. The summed E-state index contributed by atoms with van der Waals surface area (Å²) in [7, 11) is 3.26. The topological polar surface area (TPSA) is 430 Å². The minimum atomic E-state index is -1.08. The van der Waals surface area contributed by atoms with Crippen molar-refractivity contribution in [2.24, 2.45) is 11.3 Å². The van der Waals surface area contributed by atoms with Crippen molar-refractivity contribution in [3.63, 3.8) is 0 Å². The fraction of sp³-hybridized carbons (Fsp3) is 0.828. The van der Waals surface area contributed by atoms with Crippen molar-refractivity contribution in [1.29, 1.82) is 0 Å². The molecule has 0 unspecified atom stereocenters. The van der Waals surface area contributed by atoms with Gasteiger partial charge in [0.05, 0.1) is 342 Å². The molecule has 3 N–H and O–H groups in total. The van der Waals surface area contributed by atoms with Crippen LogP contribution in [0.25, 0.3) is 0 Å². The number of amides is 6. The summed E-state index contributed by atoms with van der Waals surface area (Å²) < 4.78 is 159. The van der Waals surface area contributed by atoms with Crippen LogP contribution in [0.3, 0.4) is 0 Å². The van der Waals surface area contributed by atoms with Crippen molar-refractivity contribution in [3.8, 4) is 0 Å². The van der Waals surface area contributed by atoms with E-state index >= 15 is 0 Å². The first-order valence-electron chi connectivity index (χ1n) is 44.5. The van der Waals surface area contributed by atoms with Crippen molar-refractivity contribution in [2.45, 2.75) is 79.5 Å². The minimum absolute atomic E-state index is 0.00511. The van der Waals surface area contributed by atoms with Gasteiger partial charge in [-0.15, -0.1) is 0 Å². The predicted octanol–water partition coefficient (Wildman–Crippen LogP) is 2.12. The Morgan fingerprint density at radius 2 is 0.656 bits per heavy atom. The smallest absolute Gasteiger partial charge is 0.311 e. The number of carbonyl (C=O) groups excluding carboxylic acids is 7. The van der Waals surface area contributed by atoms with Crippen LogP contribution in [0.4, 0.5) is 5.69 Å². The van der Waals surface area contributed by atoms with Crippen molar-refractivity contribution in [3.05, 3.63) is 41.5 Å². The molecule has 744 valence electrons. The van der Waals surface area contributed by atoms with Gasteiger partial charge in [0, 0.05) is 58.2 Å². The Hall–Kier alpha value is -5.67. The van der Waals surface area contributed by atoms with Gasteiger partial charge in [0.1, 0.15) is 32.0 Å². The Morgan fingerprint density at radius 1 is 0.359 bits per heavy atom. The highest BCUT2D eigenvalue weighted by molar-refractivity contribution is 6.14. The number of hydrogen-bond acceptors (Lipinski definition) is 36. The second kappa shape index (κ2) is 86.7. The molecule has 2 atom stereocenters. The van der Waals surface area contributed by atoms with Gasteiger partial charge in [-0.05, 0) is 69.7 Å². The van der Waals surface area contributed by atoms with Crippen molar-refractivity contribution in [2.75, 3.05) is 390 Å². The zero-order chi connectivity index (χ0) is 92.7. The largest absolute Gasteiger partial charge is 0.460 e. The van der Waals surface area contributed by atoms with Crippen molar-refractivity contribution in [1.82, 2.24) is 20.4 Å². The number of hydrogen-bond donors (Lipinski definition) is 3. The van der Waals surface area contributed by atoms with Gasteiger partial charge in [0.2, 0.25) is 23.6 Å². The van der Waals surface area contributed by atoms with Crippen LogP contribution < -0.4 is 16.0 Å². The van der Waals surface area contributed by atoms with Crippen LogP contribution in [0.1, 0.15) is 65.5 Å². The normalized spacial score (nSPS) is 12.8. The number of nitrogens with zero attached hydrogens (tertiary/aromatic N) is 2. The lowest BCUT2D eigenvalue weighted by molar-refractivity contribution is -0.154. The molecule has 0 saturated carbocycles. The van der Waals surface area contributed by atoms with E-state index in [9.17, 15) is 33.6 Å². The molecule has 41 nitrogen and oxygen atoms in total. The Labute approximate surface area is 757 Å². The molecule has 2 rings (SSSR count). The summed E-state index contributed by atoms with van der Waals surface area (Å²) in [5, 5.41) is 8.32. The molecule has 1 aliphatic heterocycles. The Balaban J connectivity index is 1.54. The SMILES string of the molecule is COCCOCCOCCOCCOCCOCCOCCOCCOCCOCCOCCN(CCC(=O)N[C@H](C(=O)N[C@@H](C)C(=O)Nc1ccc(COC(=O)C(C)(C)C)c(CCCOCCOCCOCCOCCOCCOCCOCCOCCOCCOCOCCOCCOCCOCCOCCOCCOC)c1)C(C)C)C(=O)CN1C(=O)C=CC1=O. The molecule has 0 radical (unpaired) electrons. The van der Waals surface area contributed by atoms with Gasteiger partial charge in [-0.1, -0.05) is 19.9 Å². The molecule has 1 aromatic rings. The van der Waals surface area contributed by atoms with E-state index in [0.29, 0.717) is 342 Å². The second-order valence-electron chi connectivity index (χ2n) is 29.3. The number of benzene rings is 1. The molecule has 6 amide bonds. The molecule has 1 aliphatic rings. The zero-order valence-electron chi connectivity index (χ0n) is 77.6. The molecule has 1 aromatic carbocycles. The summed E-state index contributed by atoms with van der Waals surface area (Å²) in [4.78, 5) is 94.2. The summed E-state index contributed by atoms with van der Waals surface area (Å²) in [6.07, 6.45) is 3.00. The third kappa shape index (κ3) is 71.9. The first-order valence-corrected chi connectivity index (χ1v) is 44.5. The standard InChI is InChI=1S/C87H155N5O36/c1-74(2)83(90-79(93)15-16-91(82(96)71-92-80(94)13-14-81(92)95)17-19-103-25-27-107-33-35-111-41-43-115-47-49-118-52-53-119-51-50-116-45-44-112-38-36-108-30-28-104-22-20-100-7)85(98)88-75(3)84(97)89-78-12-11-77(72-128-86(99)87(4,5)6)76(70-78)10-9-18-102-24-26-106-32-34-110-40-42-114-46-48-117-54-55-120-56-57-121-59-61-123-63-65-125-67-69-127-73-126-68-66-124-64-62-122-60-58-113-39-37-109-31-29-105-23-21-101-8/h11-14,70,74-75,83H,9-10,15-69,71-73H2,1-8H3,(H,88,98)(H,89,97)(H,90,93)/t75-,83-/m0/s1. The van der Waals surface area contributed by atoms with Crippen molar-refractivity contribution >= 4 is 47.1 Å². The first-order chi connectivity index (χ1) is 62.5. The molecular formula is C87H155N5O36. The number of ether oxygens (including phenoxy) is 29. The number of methoxy groups -OCH3 is 2. The molecule has 0 saturated heterocycles. The molecule has 0 fully saturated rings.